The SMILES string of the molecule is CC1CCC(O)(C2CCCCN2)c2ccccc21. The molecule has 3 unspecified atom stereocenters. The molecule has 0 radical (unpaired) electrons. The molecule has 0 spiro atoms. The molecule has 1 fully saturated rings. The van der Waals surface area contributed by atoms with Crippen molar-refractivity contribution in [1.29, 1.82) is 0 Å². The Kier molecular flexibility index (Phi) is 3.16. The molecule has 1 aliphatic carbocycles. The van der Waals surface area contributed by atoms with Gasteiger partial charge in [-0.1, -0.05) is 37.6 Å². The lowest BCUT2D eigenvalue weighted by Gasteiger charge is -2.44. The number of hydrogen-bond donors (Lipinski definition) is 2. The van der Waals surface area contributed by atoms with Crippen molar-refractivity contribution >= 4 is 0 Å². The van der Waals surface area contributed by atoms with Gasteiger partial charge in [0.25, 0.3) is 0 Å². The first kappa shape index (κ1) is 12.2. The van der Waals surface area contributed by atoms with E-state index in [4.69, 9.17) is 0 Å². The molecular weight excluding hydrogens is 222 g/mol. The van der Waals surface area contributed by atoms with Crippen LogP contribution >= 0.6 is 0 Å². The topological polar surface area (TPSA) is 32.3 Å². The molecule has 0 aromatic heterocycles. The monoisotopic (exact) mass is 245 g/mol. The van der Waals surface area contributed by atoms with Crippen LogP contribution in [0.5, 0.6) is 0 Å². The van der Waals surface area contributed by atoms with E-state index >= 15 is 0 Å². The second-order valence-electron chi connectivity index (χ2n) is 5.95. The van der Waals surface area contributed by atoms with Gasteiger partial charge in [-0.3, -0.25) is 0 Å². The highest BCUT2D eigenvalue weighted by Crippen LogP contribution is 2.44. The van der Waals surface area contributed by atoms with E-state index in [1.54, 1.807) is 0 Å². The molecular formula is C16H23NO. The Morgan fingerprint density at radius 2 is 2.06 bits per heavy atom. The molecule has 1 saturated heterocycles. The third-order valence-corrected chi connectivity index (χ3v) is 4.80. The van der Waals surface area contributed by atoms with Gasteiger partial charge >= 0.3 is 0 Å². The van der Waals surface area contributed by atoms with Crippen LogP contribution in [0.25, 0.3) is 0 Å². The predicted molar refractivity (Wildman–Crippen MR) is 73.6 cm³/mol. The minimum atomic E-state index is -0.649. The Hall–Kier alpha value is -0.860. The number of aliphatic hydroxyl groups is 1. The highest BCUT2D eigenvalue weighted by Gasteiger charge is 2.43. The standard InChI is InChI=1S/C16H23NO/c1-12-9-10-16(18,15-8-4-5-11-17-15)14-7-3-2-6-13(12)14/h2-3,6-7,12,15,17-18H,4-5,8-11H2,1H3. The van der Waals surface area contributed by atoms with E-state index < -0.39 is 5.60 Å². The average molecular weight is 245 g/mol. The third-order valence-electron chi connectivity index (χ3n) is 4.80. The third kappa shape index (κ3) is 1.88. The highest BCUT2D eigenvalue weighted by molar-refractivity contribution is 5.38. The summed E-state index contributed by atoms with van der Waals surface area (Å²) in [6.07, 6.45) is 5.55. The number of piperidine rings is 1. The Labute approximate surface area is 109 Å². The minimum Gasteiger partial charge on any atom is -0.384 e. The fraction of sp³-hybridized carbons (Fsp3) is 0.625. The second kappa shape index (κ2) is 4.67. The number of rotatable bonds is 1. The molecule has 3 rings (SSSR count). The highest BCUT2D eigenvalue weighted by atomic mass is 16.3. The maximum Gasteiger partial charge on any atom is 0.105 e. The van der Waals surface area contributed by atoms with Crippen molar-refractivity contribution in [3.63, 3.8) is 0 Å². The summed E-state index contributed by atoms with van der Waals surface area (Å²) in [6.45, 7) is 3.32. The van der Waals surface area contributed by atoms with E-state index in [-0.39, 0.29) is 6.04 Å². The lowest BCUT2D eigenvalue weighted by atomic mass is 9.69. The minimum absolute atomic E-state index is 0.236. The number of fused-ring (bicyclic) bond motifs is 1. The van der Waals surface area contributed by atoms with Gasteiger partial charge in [0, 0.05) is 6.04 Å². The average Bonchev–Trinajstić information content (AvgIpc) is 2.44. The first-order chi connectivity index (χ1) is 8.72. The van der Waals surface area contributed by atoms with E-state index in [1.165, 1.54) is 24.0 Å². The lowest BCUT2D eigenvalue weighted by Crippen LogP contribution is -2.52. The summed E-state index contributed by atoms with van der Waals surface area (Å²) < 4.78 is 0. The van der Waals surface area contributed by atoms with Crippen LogP contribution in [0.3, 0.4) is 0 Å². The predicted octanol–water partition coefficient (Wildman–Crippen LogP) is 2.91. The van der Waals surface area contributed by atoms with Crippen molar-refractivity contribution < 1.29 is 5.11 Å². The first-order valence-electron chi connectivity index (χ1n) is 7.27. The van der Waals surface area contributed by atoms with Crippen molar-refractivity contribution in [2.45, 2.75) is 56.6 Å². The largest absolute Gasteiger partial charge is 0.384 e. The molecule has 2 aliphatic rings. The van der Waals surface area contributed by atoms with Crippen molar-refractivity contribution in [1.82, 2.24) is 5.32 Å². The van der Waals surface area contributed by atoms with Crippen molar-refractivity contribution in [2.24, 2.45) is 0 Å². The molecule has 0 bridgehead atoms. The summed E-state index contributed by atoms with van der Waals surface area (Å²) in [4.78, 5) is 0. The van der Waals surface area contributed by atoms with Crippen LogP contribution in [-0.2, 0) is 5.60 Å². The number of nitrogens with one attached hydrogen (secondary N) is 1. The maximum absolute atomic E-state index is 11.2. The summed E-state index contributed by atoms with van der Waals surface area (Å²) in [5.41, 5.74) is 1.87. The lowest BCUT2D eigenvalue weighted by molar-refractivity contribution is -0.0296. The summed E-state index contributed by atoms with van der Waals surface area (Å²) >= 11 is 0. The molecule has 1 aromatic carbocycles. The molecule has 2 heteroatoms. The van der Waals surface area contributed by atoms with E-state index in [0.29, 0.717) is 5.92 Å². The van der Waals surface area contributed by atoms with Crippen molar-refractivity contribution in [2.75, 3.05) is 6.54 Å². The van der Waals surface area contributed by atoms with Crippen LogP contribution < -0.4 is 5.32 Å². The fourth-order valence-electron chi connectivity index (χ4n) is 3.67. The molecule has 98 valence electrons. The van der Waals surface area contributed by atoms with Gasteiger partial charge in [0.05, 0.1) is 0 Å². The van der Waals surface area contributed by atoms with Crippen LogP contribution in [0.1, 0.15) is 56.1 Å². The quantitative estimate of drug-likeness (QED) is 0.797. The van der Waals surface area contributed by atoms with E-state index in [1.807, 2.05) is 0 Å². The summed E-state index contributed by atoms with van der Waals surface area (Å²) in [6, 6.07) is 8.70. The molecule has 1 aromatic rings. The Bertz CT molecular complexity index is 425. The summed E-state index contributed by atoms with van der Waals surface area (Å²) in [7, 11) is 0. The molecule has 1 heterocycles. The van der Waals surface area contributed by atoms with E-state index in [2.05, 4.69) is 36.5 Å². The van der Waals surface area contributed by atoms with Gasteiger partial charge in [-0.25, -0.2) is 0 Å². The Balaban J connectivity index is 1.99. The van der Waals surface area contributed by atoms with Crippen molar-refractivity contribution in [3.8, 4) is 0 Å². The molecule has 2 N–H and O–H groups in total. The van der Waals surface area contributed by atoms with Gasteiger partial charge in [0.15, 0.2) is 0 Å². The van der Waals surface area contributed by atoms with Gasteiger partial charge in [-0.05, 0) is 49.3 Å². The van der Waals surface area contributed by atoms with Gasteiger partial charge in [-0.2, -0.15) is 0 Å². The van der Waals surface area contributed by atoms with Crippen LogP contribution in [0, 0.1) is 0 Å². The summed E-state index contributed by atoms with van der Waals surface area (Å²) in [5.74, 6) is 0.574. The van der Waals surface area contributed by atoms with Gasteiger partial charge < -0.3 is 10.4 Å². The maximum atomic E-state index is 11.2. The van der Waals surface area contributed by atoms with Gasteiger partial charge in [0.2, 0.25) is 0 Å². The normalized spacial score (nSPS) is 36.1. The zero-order chi connectivity index (χ0) is 12.6. The number of hydrogen-bond acceptors (Lipinski definition) is 2. The zero-order valence-corrected chi connectivity index (χ0v) is 11.2. The molecule has 1 aliphatic heterocycles. The van der Waals surface area contributed by atoms with Crippen LogP contribution in [0.4, 0.5) is 0 Å². The molecule has 0 saturated carbocycles. The van der Waals surface area contributed by atoms with Crippen molar-refractivity contribution in [3.05, 3.63) is 35.4 Å². The molecule has 0 amide bonds. The van der Waals surface area contributed by atoms with Crippen LogP contribution in [-0.4, -0.2) is 17.7 Å². The molecule has 2 nitrogen and oxygen atoms in total. The Morgan fingerprint density at radius 3 is 2.83 bits per heavy atom. The zero-order valence-electron chi connectivity index (χ0n) is 11.2. The molecule has 18 heavy (non-hydrogen) atoms. The first-order valence-corrected chi connectivity index (χ1v) is 7.27. The van der Waals surface area contributed by atoms with Gasteiger partial charge in [-0.15, -0.1) is 0 Å². The van der Waals surface area contributed by atoms with Crippen LogP contribution in [0.15, 0.2) is 24.3 Å². The Morgan fingerprint density at radius 1 is 1.22 bits per heavy atom. The van der Waals surface area contributed by atoms with E-state index in [0.717, 1.165) is 25.8 Å². The summed E-state index contributed by atoms with van der Waals surface area (Å²) in [5, 5.41) is 14.7. The fourth-order valence-corrected chi connectivity index (χ4v) is 3.67. The second-order valence-corrected chi connectivity index (χ2v) is 5.95. The molecule has 3 atom stereocenters. The van der Waals surface area contributed by atoms with Crippen LogP contribution in [0.2, 0.25) is 0 Å². The van der Waals surface area contributed by atoms with Gasteiger partial charge in [0.1, 0.15) is 5.60 Å². The van der Waals surface area contributed by atoms with E-state index in [9.17, 15) is 5.11 Å². The smallest absolute Gasteiger partial charge is 0.105 e. The number of benzene rings is 1.